The van der Waals surface area contributed by atoms with Crippen LogP contribution in [0.1, 0.15) is 39.0 Å². The second kappa shape index (κ2) is 7.00. The van der Waals surface area contributed by atoms with Gasteiger partial charge in [-0.25, -0.2) is 9.13 Å². The molecule has 2 heteroatoms. The first kappa shape index (κ1) is 12.9. The van der Waals surface area contributed by atoms with Gasteiger partial charge in [-0.3, -0.25) is 0 Å². The summed E-state index contributed by atoms with van der Waals surface area (Å²) in [5, 5.41) is 0. The van der Waals surface area contributed by atoms with Crippen LogP contribution in [0.15, 0.2) is 49.1 Å². The number of nitrogens with zero attached hydrogens (tertiary/aromatic N) is 2. The Morgan fingerprint density at radius 1 is 1.00 bits per heavy atom. The molecule has 0 aliphatic carbocycles. The highest BCUT2D eigenvalue weighted by Crippen LogP contribution is 2.05. The zero-order valence-electron chi connectivity index (χ0n) is 11.3. The van der Waals surface area contributed by atoms with Crippen LogP contribution in [0.2, 0.25) is 0 Å². The van der Waals surface area contributed by atoms with Crippen LogP contribution in [0.3, 0.4) is 0 Å². The second-order valence-corrected chi connectivity index (χ2v) is 4.81. The molecule has 18 heavy (non-hydrogen) atoms. The van der Waals surface area contributed by atoms with Gasteiger partial charge >= 0.3 is 0 Å². The molecule has 1 heterocycles. The van der Waals surface area contributed by atoms with Crippen molar-refractivity contribution in [3.63, 3.8) is 0 Å². The predicted octanol–water partition coefficient (Wildman–Crippen LogP) is 3.74. The molecule has 2 nitrogen and oxygen atoms in total. The van der Waals surface area contributed by atoms with Gasteiger partial charge in [-0.2, -0.15) is 0 Å². The summed E-state index contributed by atoms with van der Waals surface area (Å²) < 4.78 is 4.45. The second-order valence-electron chi connectivity index (χ2n) is 4.81. The van der Waals surface area contributed by atoms with Crippen molar-refractivity contribution in [3.05, 3.63) is 49.1 Å². The first-order valence-corrected chi connectivity index (χ1v) is 7.02. The summed E-state index contributed by atoms with van der Waals surface area (Å²) in [5.74, 6) is 0. The van der Waals surface area contributed by atoms with Crippen LogP contribution in [0, 0.1) is 0 Å². The van der Waals surface area contributed by atoms with Gasteiger partial charge in [0, 0.05) is 0 Å². The molecule has 0 atom stereocenters. The molecule has 0 aliphatic rings. The van der Waals surface area contributed by atoms with Crippen LogP contribution in [0.25, 0.3) is 5.69 Å². The summed E-state index contributed by atoms with van der Waals surface area (Å²) in [7, 11) is 0. The predicted molar refractivity (Wildman–Crippen MR) is 74.7 cm³/mol. The number of benzene rings is 1. The molecule has 2 aromatic rings. The lowest BCUT2D eigenvalue weighted by Gasteiger charge is -1.97. The van der Waals surface area contributed by atoms with E-state index in [4.69, 9.17) is 0 Å². The lowest BCUT2D eigenvalue weighted by Crippen LogP contribution is -2.30. The molecule has 0 saturated heterocycles. The molecule has 0 fully saturated rings. The van der Waals surface area contributed by atoms with Crippen LogP contribution in [0.5, 0.6) is 0 Å². The van der Waals surface area contributed by atoms with Crippen molar-refractivity contribution in [3.8, 4) is 5.69 Å². The van der Waals surface area contributed by atoms with Crippen molar-refractivity contribution in [1.82, 2.24) is 4.57 Å². The third kappa shape index (κ3) is 3.73. The quantitative estimate of drug-likeness (QED) is 0.517. The smallest absolute Gasteiger partial charge is 0.236 e. The molecule has 0 spiro atoms. The molecule has 0 radical (unpaired) electrons. The Hall–Kier alpha value is -1.57. The van der Waals surface area contributed by atoms with Gasteiger partial charge in [0.05, 0.1) is 6.54 Å². The summed E-state index contributed by atoms with van der Waals surface area (Å²) in [6, 6.07) is 10.5. The zero-order chi connectivity index (χ0) is 12.6. The first-order valence-electron chi connectivity index (χ1n) is 7.02. The number of para-hydroxylation sites is 1. The molecule has 1 aromatic carbocycles. The summed E-state index contributed by atoms with van der Waals surface area (Å²) in [4.78, 5) is 0. The lowest BCUT2D eigenvalue weighted by atomic mass is 10.1. The molecular weight excluding hydrogens is 220 g/mol. The Bertz CT molecular complexity index is 445. The van der Waals surface area contributed by atoms with Crippen molar-refractivity contribution in [2.24, 2.45) is 0 Å². The van der Waals surface area contributed by atoms with Crippen LogP contribution >= 0.6 is 0 Å². The topological polar surface area (TPSA) is 8.81 Å². The lowest BCUT2D eigenvalue weighted by molar-refractivity contribution is -0.696. The van der Waals surface area contributed by atoms with Crippen molar-refractivity contribution >= 4 is 0 Å². The van der Waals surface area contributed by atoms with Gasteiger partial charge in [0.25, 0.3) is 0 Å². The van der Waals surface area contributed by atoms with E-state index in [1.54, 1.807) is 0 Å². The minimum atomic E-state index is 1.13. The summed E-state index contributed by atoms with van der Waals surface area (Å²) in [6.07, 6.45) is 13.1. The van der Waals surface area contributed by atoms with Crippen LogP contribution in [-0.4, -0.2) is 4.57 Å². The molecule has 0 aliphatic heterocycles. The molecule has 0 amide bonds. The Kier molecular flexibility index (Phi) is 5.00. The Labute approximate surface area is 110 Å². The number of hydrogen-bond acceptors (Lipinski definition) is 0. The highest BCUT2D eigenvalue weighted by atomic mass is 15.1. The van der Waals surface area contributed by atoms with E-state index >= 15 is 0 Å². The Morgan fingerprint density at radius 2 is 1.78 bits per heavy atom. The SMILES string of the molecule is CCCCCCC[n+]1ccn(-c2ccccc2)c1. The number of aryl methyl sites for hydroxylation is 1. The van der Waals surface area contributed by atoms with Crippen molar-refractivity contribution < 1.29 is 4.57 Å². The first-order chi connectivity index (χ1) is 8.90. The Balaban J connectivity index is 1.83. The van der Waals surface area contributed by atoms with E-state index in [1.165, 1.54) is 37.8 Å². The normalized spacial score (nSPS) is 10.7. The fourth-order valence-corrected chi connectivity index (χ4v) is 2.18. The fraction of sp³-hybridized carbons (Fsp3) is 0.438. The molecule has 0 N–H and O–H groups in total. The molecule has 96 valence electrons. The number of hydrogen-bond donors (Lipinski definition) is 0. The van der Waals surface area contributed by atoms with E-state index in [9.17, 15) is 0 Å². The minimum Gasteiger partial charge on any atom is -0.236 e. The van der Waals surface area contributed by atoms with Crippen LogP contribution < -0.4 is 4.57 Å². The summed E-state index contributed by atoms with van der Waals surface area (Å²) in [5.41, 5.74) is 1.22. The molecule has 1 aromatic heterocycles. The van der Waals surface area contributed by atoms with E-state index in [2.05, 4.69) is 65.1 Å². The van der Waals surface area contributed by atoms with E-state index < -0.39 is 0 Å². The maximum absolute atomic E-state index is 2.28. The van der Waals surface area contributed by atoms with Gasteiger partial charge in [-0.1, -0.05) is 44.4 Å². The molecule has 0 bridgehead atoms. The number of aromatic nitrogens is 2. The van der Waals surface area contributed by atoms with E-state index in [0.717, 1.165) is 6.54 Å². The molecule has 2 rings (SSSR count). The van der Waals surface area contributed by atoms with Crippen molar-refractivity contribution in [2.75, 3.05) is 0 Å². The fourth-order valence-electron chi connectivity index (χ4n) is 2.18. The van der Waals surface area contributed by atoms with Gasteiger partial charge in [-0.15, -0.1) is 0 Å². The molecular formula is C16H23N2+. The van der Waals surface area contributed by atoms with E-state index in [-0.39, 0.29) is 0 Å². The van der Waals surface area contributed by atoms with Gasteiger partial charge < -0.3 is 0 Å². The summed E-state index contributed by atoms with van der Waals surface area (Å²) >= 11 is 0. The maximum Gasteiger partial charge on any atom is 0.248 e. The van der Waals surface area contributed by atoms with Crippen LogP contribution in [0.4, 0.5) is 0 Å². The zero-order valence-corrected chi connectivity index (χ0v) is 11.3. The van der Waals surface area contributed by atoms with Crippen molar-refractivity contribution in [2.45, 2.75) is 45.6 Å². The average molecular weight is 243 g/mol. The van der Waals surface area contributed by atoms with Gasteiger partial charge in [0.1, 0.15) is 18.1 Å². The van der Waals surface area contributed by atoms with Crippen molar-refractivity contribution in [1.29, 1.82) is 0 Å². The van der Waals surface area contributed by atoms with E-state index in [1.807, 2.05) is 0 Å². The standard InChI is InChI=1S/C16H23N2/c1-2-3-4-5-9-12-17-13-14-18(15-17)16-10-7-6-8-11-16/h6-8,10-11,13-15H,2-5,9,12H2,1H3/q+1. The largest absolute Gasteiger partial charge is 0.248 e. The number of rotatable bonds is 7. The maximum atomic E-state index is 2.28. The number of imidazole rings is 1. The van der Waals surface area contributed by atoms with Gasteiger partial charge in [0.15, 0.2) is 0 Å². The van der Waals surface area contributed by atoms with Gasteiger partial charge in [0.2, 0.25) is 6.33 Å². The minimum absolute atomic E-state index is 1.13. The average Bonchev–Trinajstić information content (AvgIpc) is 2.88. The monoisotopic (exact) mass is 243 g/mol. The van der Waals surface area contributed by atoms with Gasteiger partial charge in [-0.05, 0) is 25.0 Å². The highest BCUT2D eigenvalue weighted by molar-refractivity contribution is 5.30. The highest BCUT2D eigenvalue weighted by Gasteiger charge is 2.05. The Morgan fingerprint density at radius 3 is 2.56 bits per heavy atom. The van der Waals surface area contributed by atoms with E-state index in [0.29, 0.717) is 0 Å². The summed E-state index contributed by atoms with van der Waals surface area (Å²) in [6.45, 7) is 3.39. The van der Waals surface area contributed by atoms with Crippen LogP contribution in [-0.2, 0) is 6.54 Å². The molecule has 0 unspecified atom stereocenters. The third-order valence-corrected chi connectivity index (χ3v) is 3.27. The number of unbranched alkanes of at least 4 members (excludes halogenated alkanes) is 4. The molecule has 0 saturated carbocycles. The third-order valence-electron chi connectivity index (χ3n) is 3.27.